The van der Waals surface area contributed by atoms with Crippen LogP contribution in [0.4, 0.5) is 5.13 Å². The van der Waals surface area contributed by atoms with Gasteiger partial charge in [0.2, 0.25) is 5.91 Å². The van der Waals surface area contributed by atoms with Crippen molar-refractivity contribution in [2.24, 2.45) is 5.92 Å². The Morgan fingerprint density at radius 3 is 2.73 bits per heavy atom. The van der Waals surface area contributed by atoms with Crippen molar-refractivity contribution >= 4 is 22.4 Å². The highest BCUT2D eigenvalue weighted by Crippen LogP contribution is 2.37. The predicted molar refractivity (Wildman–Crippen MR) is 103 cm³/mol. The maximum absolute atomic E-state index is 13.0. The molecular formula is C19H30N4O2S. The summed E-state index contributed by atoms with van der Waals surface area (Å²) in [4.78, 5) is 23.2. The number of aromatic nitrogens is 1. The van der Waals surface area contributed by atoms with E-state index in [0.29, 0.717) is 5.92 Å². The molecule has 3 heterocycles. The third-order valence-corrected chi connectivity index (χ3v) is 6.96. The molecule has 1 aromatic rings. The third-order valence-electron chi connectivity index (χ3n) is 5.85. The molecule has 1 N–H and O–H groups in total. The van der Waals surface area contributed by atoms with Crippen LogP contribution in [0, 0.1) is 5.92 Å². The Hall–Kier alpha value is -1.18. The van der Waals surface area contributed by atoms with Gasteiger partial charge in [0.05, 0.1) is 23.6 Å². The molecule has 2 aliphatic heterocycles. The van der Waals surface area contributed by atoms with Crippen molar-refractivity contribution < 1.29 is 9.53 Å². The highest BCUT2D eigenvalue weighted by atomic mass is 32.1. The second kappa shape index (κ2) is 7.44. The minimum atomic E-state index is -0.511. The molecule has 3 aliphatic rings. The maximum Gasteiger partial charge on any atom is 0.243 e. The molecule has 26 heavy (non-hydrogen) atoms. The van der Waals surface area contributed by atoms with Crippen LogP contribution in [-0.2, 0) is 9.53 Å². The van der Waals surface area contributed by atoms with Crippen LogP contribution in [0.25, 0.3) is 0 Å². The number of amides is 1. The molecule has 7 heteroatoms. The van der Waals surface area contributed by atoms with E-state index in [2.05, 4.69) is 20.1 Å². The van der Waals surface area contributed by atoms with Gasteiger partial charge in [-0.25, -0.2) is 4.98 Å². The largest absolute Gasteiger partial charge is 0.378 e. The lowest BCUT2D eigenvalue weighted by atomic mass is 9.88. The van der Waals surface area contributed by atoms with E-state index in [-0.39, 0.29) is 12.1 Å². The lowest BCUT2D eigenvalue weighted by Crippen LogP contribution is -2.41. The van der Waals surface area contributed by atoms with Crippen LogP contribution in [0.1, 0.15) is 57.0 Å². The zero-order valence-corrected chi connectivity index (χ0v) is 16.7. The maximum atomic E-state index is 13.0. The highest BCUT2D eigenvalue weighted by molar-refractivity contribution is 7.15. The number of hydrogen-bond acceptors (Lipinski definition) is 6. The van der Waals surface area contributed by atoms with E-state index < -0.39 is 5.54 Å². The molecule has 1 aliphatic carbocycles. The zero-order chi connectivity index (χ0) is 18.1. The van der Waals surface area contributed by atoms with E-state index in [4.69, 9.17) is 4.74 Å². The van der Waals surface area contributed by atoms with Crippen molar-refractivity contribution in [3.05, 3.63) is 11.1 Å². The number of nitrogens with zero attached hydrogens (tertiary/aromatic N) is 3. The first-order valence-corrected chi connectivity index (χ1v) is 10.7. The van der Waals surface area contributed by atoms with Crippen molar-refractivity contribution in [2.75, 3.05) is 37.7 Å². The zero-order valence-electron chi connectivity index (χ0n) is 15.9. The summed E-state index contributed by atoms with van der Waals surface area (Å²) < 4.78 is 5.44. The Morgan fingerprint density at radius 2 is 2.00 bits per heavy atom. The fraction of sp³-hybridized carbons (Fsp3) is 0.789. The first-order chi connectivity index (χ1) is 12.5. The summed E-state index contributed by atoms with van der Waals surface area (Å²) in [7, 11) is 0. The topological polar surface area (TPSA) is 57.7 Å². The molecule has 1 unspecified atom stereocenters. The van der Waals surface area contributed by atoms with Crippen LogP contribution >= 0.6 is 11.3 Å². The van der Waals surface area contributed by atoms with E-state index in [1.54, 1.807) is 11.3 Å². The first kappa shape index (κ1) is 18.2. The Morgan fingerprint density at radius 1 is 1.27 bits per heavy atom. The van der Waals surface area contributed by atoms with Crippen LogP contribution < -0.4 is 10.2 Å². The molecule has 0 bridgehead atoms. The molecule has 1 saturated carbocycles. The Labute approximate surface area is 159 Å². The SMILES string of the molecule is CC1(C)NC(c2cnc(N3CCOCC3)s2)N(CC2CCCCC2)C1=O. The smallest absolute Gasteiger partial charge is 0.243 e. The van der Waals surface area contributed by atoms with Crippen molar-refractivity contribution in [1.82, 2.24) is 15.2 Å². The molecule has 1 atom stereocenters. The first-order valence-electron chi connectivity index (χ1n) is 9.92. The number of carbonyl (C=O) groups excluding carboxylic acids is 1. The second-order valence-corrected chi connectivity index (χ2v) is 9.32. The fourth-order valence-electron chi connectivity index (χ4n) is 4.32. The average molecular weight is 379 g/mol. The lowest BCUT2D eigenvalue weighted by molar-refractivity contribution is -0.133. The molecule has 0 spiro atoms. The molecular weight excluding hydrogens is 348 g/mol. The molecule has 4 rings (SSSR count). The van der Waals surface area contributed by atoms with Crippen LogP contribution in [0.3, 0.4) is 0 Å². The molecule has 144 valence electrons. The summed E-state index contributed by atoms with van der Waals surface area (Å²) in [6.45, 7) is 8.15. The number of thiazole rings is 1. The summed E-state index contributed by atoms with van der Waals surface area (Å²) in [5, 5.41) is 4.60. The Bertz CT molecular complexity index is 635. The average Bonchev–Trinajstić information content (AvgIpc) is 3.23. The van der Waals surface area contributed by atoms with E-state index in [0.717, 1.165) is 42.9 Å². The van der Waals surface area contributed by atoms with E-state index in [1.807, 2.05) is 20.0 Å². The van der Waals surface area contributed by atoms with Crippen LogP contribution in [0.5, 0.6) is 0 Å². The van der Waals surface area contributed by atoms with Gasteiger partial charge in [0.25, 0.3) is 0 Å². The predicted octanol–water partition coefficient (Wildman–Crippen LogP) is 2.77. The molecule has 0 aromatic carbocycles. The minimum absolute atomic E-state index is 0.0493. The summed E-state index contributed by atoms with van der Waals surface area (Å²) in [5.41, 5.74) is -0.511. The van der Waals surface area contributed by atoms with E-state index >= 15 is 0 Å². The fourth-order valence-corrected chi connectivity index (χ4v) is 5.35. The van der Waals surface area contributed by atoms with Gasteiger partial charge in [-0.15, -0.1) is 0 Å². The molecule has 1 amide bonds. The monoisotopic (exact) mass is 378 g/mol. The molecule has 6 nitrogen and oxygen atoms in total. The number of morpholine rings is 1. The molecule has 3 fully saturated rings. The van der Waals surface area contributed by atoms with Gasteiger partial charge in [0.1, 0.15) is 6.17 Å². The van der Waals surface area contributed by atoms with Gasteiger partial charge >= 0.3 is 0 Å². The van der Waals surface area contributed by atoms with Crippen molar-refractivity contribution in [3.8, 4) is 0 Å². The summed E-state index contributed by atoms with van der Waals surface area (Å²) >= 11 is 1.71. The van der Waals surface area contributed by atoms with Gasteiger partial charge in [0.15, 0.2) is 5.13 Å². The van der Waals surface area contributed by atoms with Crippen LogP contribution in [-0.4, -0.2) is 54.2 Å². The second-order valence-electron chi connectivity index (χ2n) is 8.28. The number of carbonyl (C=O) groups is 1. The molecule has 0 radical (unpaired) electrons. The van der Waals surface area contributed by atoms with Crippen molar-refractivity contribution in [1.29, 1.82) is 0 Å². The normalized spacial score (nSPS) is 27.3. The number of rotatable bonds is 4. The van der Waals surface area contributed by atoms with Gasteiger partial charge in [-0.2, -0.15) is 0 Å². The number of anilines is 1. The van der Waals surface area contributed by atoms with E-state index in [1.165, 1.54) is 32.1 Å². The lowest BCUT2D eigenvalue weighted by Gasteiger charge is -2.30. The van der Waals surface area contributed by atoms with Crippen LogP contribution in [0.15, 0.2) is 6.20 Å². The summed E-state index contributed by atoms with van der Waals surface area (Å²) in [6.07, 6.45) is 8.35. The Kier molecular flexibility index (Phi) is 5.21. The highest BCUT2D eigenvalue weighted by Gasteiger charge is 2.46. The van der Waals surface area contributed by atoms with Gasteiger partial charge in [0, 0.05) is 25.8 Å². The van der Waals surface area contributed by atoms with Gasteiger partial charge in [-0.1, -0.05) is 30.6 Å². The van der Waals surface area contributed by atoms with Gasteiger partial charge < -0.3 is 14.5 Å². The van der Waals surface area contributed by atoms with Gasteiger partial charge in [-0.3, -0.25) is 10.1 Å². The molecule has 1 aromatic heterocycles. The number of hydrogen-bond donors (Lipinski definition) is 1. The van der Waals surface area contributed by atoms with Crippen LogP contribution in [0.2, 0.25) is 0 Å². The third kappa shape index (κ3) is 3.62. The van der Waals surface area contributed by atoms with Gasteiger partial charge in [-0.05, 0) is 32.6 Å². The van der Waals surface area contributed by atoms with Crippen molar-refractivity contribution in [2.45, 2.75) is 57.7 Å². The minimum Gasteiger partial charge on any atom is -0.378 e. The standard InChI is InChI=1S/C19H30N4O2S/c1-19(2)17(24)23(13-14-6-4-3-5-7-14)16(21-19)15-12-20-18(26-15)22-8-10-25-11-9-22/h12,14,16,21H,3-11,13H2,1-2H3. The summed E-state index contributed by atoms with van der Waals surface area (Å²) in [6, 6.07) is 0. The number of ether oxygens (including phenoxy) is 1. The van der Waals surface area contributed by atoms with Crippen molar-refractivity contribution in [3.63, 3.8) is 0 Å². The van der Waals surface area contributed by atoms with E-state index in [9.17, 15) is 4.79 Å². The quantitative estimate of drug-likeness (QED) is 0.873. The number of nitrogens with one attached hydrogen (secondary N) is 1. The molecule has 2 saturated heterocycles. The summed E-state index contributed by atoms with van der Waals surface area (Å²) in [5.74, 6) is 0.854. The Balaban J connectivity index is 1.52.